The van der Waals surface area contributed by atoms with Crippen molar-refractivity contribution in [2.45, 2.75) is 83.9 Å². The van der Waals surface area contributed by atoms with Gasteiger partial charge < -0.3 is 22.1 Å². The molecule has 9 nitrogen and oxygen atoms in total. The number of pyridine rings is 2. The maximum atomic E-state index is 13.0. The highest BCUT2D eigenvalue weighted by molar-refractivity contribution is 6.17. The van der Waals surface area contributed by atoms with Gasteiger partial charge >= 0.3 is 6.18 Å². The van der Waals surface area contributed by atoms with E-state index in [9.17, 15) is 22.8 Å². The first-order valence-electron chi connectivity index (χ1n) is 15.6. The van der Waals surface area contributed by atoms with Crippen molar-refractivity contribution in [3.8, 4) is 0 Å². The first kappa shape index (κ1) is 35.7. The maximum Gasteiger partial charge on any atom is 0.416 e. The van der Waals surface area contributed by atoms with Crippen molar-refractivity contribution >= 4 is 40.9 Å². The Morgan fingerprint density at radius 1 is 1.00 bits per heavy atom. The standard InChI is InChI=1S/C32H36F3N7O2.C2H6/c33-32(34,35)23-16-17-39-25(18-23)42-31(44)21-14-12-20(13-15-21)28(36)27-29(37)22(19-40-30(27)38)8-4-1-2-7-11-26(43)41-24-9-5-3-6-10-24;1-2/h4,8,12-19,24,36H,1-3,5-7,9-11H2,(H,41,43)(H4,37,38,40)(H,39,42,44);1-2H3/b8-4+,36-28?;. The lowest BCUT2D eigenvalue weighted by atomic mass is 9.95. The Labute approximate surface area is 267 Å². The van der Waals surface area contributed by atoms with E-state index in [4.69, 9.17) is 16.9 Å². The van der Waals surface area contributed by atoms with Crippen LogP contribution in [0.15, 0.2) is 54.9 Å². The minimum atomic E-state index is -4.57. The Bertz CT molecular complexity index is 1520. The molecule has 0 aliphatic heterocycles. The summed E-state index contributed by atoms with van der Waals surface area (Å²) < 4.78 is 38.9. The van der Waals surface area contributed by atoms with E-state index in [0.717, 1.165) is 50.4 Å². The third-order valence-corrected chi connectivity index (χ3v) is 7.49. The third kappa shape index (κ3) is 10.1. The summed E-state index contributed by atoms with van der Waals surface area (Å²) >= 11 is 0. The van der Waals surface area contributed by atoms with Crippen LogP contribution in [0.25, 0.3) is 6.08 Å². The number of anilines is 3. The zero-order chi connectivity index (χ0) is 33.7. The number of nitrogens with one attached hydrogen (secondary N) is 3. The smallest absolute Gasteiger partial charge is 0.398 e. The van der Waals surface area contributed by atoms with E-state index in [1.807, 2.05) is 26.0 Å². The number of amides is 2. The number of alkyl halides is 3. The van der Waals surface area contributed by atoms with Crippen molar-refractivity contribution in [3.63, 3.8) is 0 Å². The van der Waals surface area contributed by atoms with Crippen LogP contribution in [0.1, 0.15) is 104 Å². The zero-order valence-electron chi connectivity index (χ0n) is 26.2. The van der Waals surface area contributed by atoms with E-state index in [2.05, 4.69) is 20.6 Å². The number of rotatable bonds is 11. The molecular weight excluding hydrogens is 595 g/mol. The topological polar surface area (TPSA) is 160 Å². The van der Waals surface area contributed by atoms with Crippen LogP contribution in [0.4, 0.5) is 30.5 Å². The van der Waals surface area contributed by atoms with Crippen LogP contribution >= 0.6 is 0 Å². The van der Waals surface area contributed by atoms with Crippen LogP contribution in [0.5, 0.6) is 0 Å². The van der Waals surface area contributed by atoms with Gasteiger partial charge in [0.1, 0.15) is 11.6 Å². The number of benzene rings is 1. The second-order valence-electron chi connectivity index (χ2n) is 10.8. The summed E-state index contributed by atoms with van der Waals surface area (Å²) in [5.74, 6) is -0.714. The van der Waals surface area contributed by atoms with E-state index >= 15 is 0 Å². The molecule has 1 saturated carbocycles. The summed E-state index contributed by atoms with van der Waals surface area (Å²) in [6, 6.07) is 7.79. The number of nitrogens with two attached hydrogens (primary N) is 2. The van der Waals surface area contributed by atoms with E-state index < -0.39 is 17.6 Å². The van der Waals surface area contributed by atoms with Crippen molar-refractivity contribution in [1.82, 2.24) is 15.3 Å². The minimum Gasteiger partial charge on any atom is -0.398 e. The third-order valence-electron chi connectivity index (χ3n) is 7.49. The van der Waals surface area contributed by atoms with Crippen LogP contribution in [0.2, 0.25) is 0 Å². The van der Waals surface area contributed by atoms with Gasteiger partial charge in [0, 0.05) is 41.5 Å². The average molecular weight is 638 g/mol. The van der Waals surface area contributed by atoms with Crippen molar-refractivity contribution in [1.29, 1.82) is 5.41 Å². The number of unbranched alkanes of at least 4 members (excludes halogenated alkanes) is 2. The Morgan fingerprint density at radius 2 is 1.67 bits per heavy atom. The molecule has 1 aliphatic rings. The molecule has 2 heterocycles. The predicted octanol–water partition coefficient (Wildman–Crippen LogP) is 7.38. The molecule has 12 heteroatoms. The number of carbonyl (C=O) groups is 2. The lowest BCUT2D eigenvalue weighted by Crippen LogP contribution is -2.35. The van der Waals surface area contributed by atoms with E-state index in [-0.39, 0.29) is 40.1 Å². The van der Waals surface area contributed by atoms with Crippen molar-refractivity contribution < 1.29 is 22.8 Å². The van der Waals surface area contributed by atoms with E-state index in [0.29, 0.717) is 23.6 Å². The van der Waals surface area contributed by atoms with Gasteiger partial charge in [0.2, 0.25) is 5.91 Å². The quantitative estimate of drug-likeness (QED) is 0.109. The van der Waals surface area contributed by atoms with Crippen LogP contribution < -0.4 is 22.1 Å². The number of nitrogens with zero attached hydrogens (tertiary/aromatic N) is 2. The molecule has 46 heavy (non-hydrogen) atoms. The summed E-state index contributed by atoms with van der Waals surface area (Å²) in [6.07, 6.45) is 10.3. The van der Waals surface area contributed by atoms with Crippen LogP contribution in [0.3, 0.4) is 0 Å². The lowest BCUT2D eigenvalue weighted by Gasteiger charge is -2.22. The number of halogens is 3. The number of carbonyl (C=O) groups excluding carboxylic acids is 2. The van der Waals surface area contributed by atoms with Gasteiger partial charge in [0.25, 0.3) is 5.91 Å². The summed E-state index contributed by atoms with van der Waals surface area (Å²) in [5, 5.41) is 14.2. The largest absolute Gasteiger partial charge is 0.416 e. The molecular formula is C34H42F3N7O2. The van der Waals surface area contributed by atoms with Gasteiger partial charge in [-0.15, -0.1) is 0 Å². The maximum absolute atomic E-state index is 13.0. The van der Waals surface area contributed by atoms with E-state index in [1.165, 1.54) is 49.7 Å². The van der Waals surface area contributed by atoms with Crippen LogP contribution in [0, 0.1) is 5.41 Å². The van der Waals surface area contributed by atoms with Crippen molar-refractivity contribution in [3.05, 3.63) is 82.7 Å². The summed E-state index contributed by atoms with van der Waals surface area (Å²) in [7, 11) is 0. The van der Waals surface area contributed by atoms with Crippen LogP contribution in [-0.4, -0.2) is 33.5 Å². The fourth-order valence-corrected chi connectivity index (χ4v) is 5.05. The molecule has 7 N–H and O–H groups in total. The molecule has 1 aromatic carbocycles. The van der Waals surface area contributed by atoms with Gasteiger partial charge in [0.15, 0.2) is 0 Å². The first-order valence-corrected chi connectivity index (χ1v) is 15.6. The summed E-state index contributed by atoms with van der Waals surface area (Å²) in [5.41, 5.74) is 13.2. The molecule has 0 atom stereocenters. The highest BCUT2D eigenvalue weighted by Crippen LogP contribution is 2.30. The number of nitrogen functional groups attached to an aromatic ring is 2. The Morgan fingerprint density at radius 3 is 2.35 bits per heavy atom. The monoisotopic (exact) mass is 637 g/mol. The number of allylic oxidation sites excluding steroid dienone is 1. The molecule has 3 aromatic rings. The SMILES string of the molecule is CC.N=C(c1ccc(C(=O)Nc2cc(C(F)(F)F)ccn2)cc1)c1c(N)ncc(/C=C/CCCCC(=O)NC2CCCCC2)c1N. The Hall–Kier alpha value is -4.74. The molecule has 0 unspecified atom stereocenters. The summed E-state index contributed by atoms with van der Waals surface area (Å²) in [4.78, 5) is 32.8. The van der Waals surface area contributed by atoms with E-state index in [1.54, 1.807) is 0 Å². The van der Waals surface area contributed by atoms with Gasteiger partial charge in [-0.3, -0.25) is 15.0 Å². The average Bonchev–Trinajstić information content (AvgIpc) is 3.04. The molecule has 0 spiro atoms. The molecule has 2 aromatic heterocycles. The fraction of sp³-hybridized carbons (Fsp3) is 0.382. The normalized spacial score (nSPS) is 13.5. The number of hydrogen-bond donors (Lipinski definition) is 5. The molecule has 1 fully saturated rings. The molecule has 0 radical (unpaired) electrons. The van der Waals surface area contributed by atoms with Crippen molar-refractivity contribution in [2.24, 2.45) is 0 Å². The van der Waals surface area contributed by atoms with Gasteiger partial charge in [-0.1, -0.05) is 57.4 Å². The van der Waals surface area contributed by atoms with Gasteiger partial charge in [-0.05, 0) is 56.4 Å². The highest BCUT2D eigenvalue weighted by Gasteiger charge is 2.31. The van der Waals surface area contributed by atoms with Crippen LogP contribution in [-0.2, 0) is 11.0 Å². The molecule has 246 valence electrons. The zero-order valence-corrected chi connectivity index (χ0v) is 26.2. The Kier molecular flexibility index (Phi) is 13.3. The summed E-state index contributed by atoms with van der Waals surface area (Å²) in [6.45, 7) is 4.00. The molecule has 0 bridgehead atoms. The number of aromatic nitrogens is 2. The van der Waals surface area contributed by atoms with Gasteiger partial charge in [-0.2, -0.15) is 13.2 Å². The lowest BCUT2D eigenvalue weighted by molar-refractivity contribution is -0.137. The van der Waals surface area contributed by atoms with Crippen molar-refractivity contribution in [2.75, 3.05) is 16.8 Å². The molecule has 2 amide bonds. The minimum absolute atomic E-state index is 0.00164. The molecule has 0 saturated heterocycles. The Balaban J connectivity index is 0.00000282. The van der Waals surface area contributed by atoms with Gasteiger partial charge in [-0.25, -0.2) is 9.97 Å². The number of hydrogen-bond acceptors (Lipinski definition) is 7. The second-order valence-corrected chi connectivity index (χ2v) is 10.8. The molecule has 4 rings (SSSR count). The van der Waals surface area contributed by atoms with Gasteiger partial charge in [0.05, 0.1) is 22.5 Å². The second kappa shape index (κ2) is 17.1. The highest BCUT2D eigenvalue weighted by atomic mass is 19.4. The molecule has 1 aliphatic carbocycles. The first-order chi connectivity index (χ1) is 22.0. The fourth-order valence-electron chi connectivity index (χ4n) is 5.05. The predicted molar refractivity (Wildman–Crippen MR) is 176 cm³/mol.